The van der Waals surface area contributed by atoms with Crippen LogP contribution in [0, 0.1) is 19.8 Å². The van der Waals surface area contributed by atoms with Gasteiger partial charge in [0.25, 0.3) is 11.7 Å². The average molecular weight is 484 g/mol. The van der Waals surface area contributed by atoms with Crippen LogP contribution in [0.4, 0.5) is 18.9 Å². The average Bonchev–Trinajstić information content (AvgIpc) is 3.63. The van der Waals surface area contributed by atoms with Gasteiger partial charge in [0.2, 0.25) is 5.91 Å². The summed E-state index contributed by atoms with van der Waals surface area (Å²) in [5.74, 6) is -1.60. The molecule has 0 bridgehead atoms. The second-order valence-electron chi connectivity index (χ2n) is 8.48. The number of anilines is 1. The van der Waals surface area contributed by atoms with E-state index in [0.29, 0.717) is 5.69 Å². The van der Waals surface area contributed by atoms with Crippen LogP contribution in [-0.4, -0.2) is 27.4 Å². The Bertz CT molecular complexity index is 1290. The van der Waals surface area contributed by atoms with Crippen LogP contribution in [0.3, 0.4) is 0 Å². The zero-order chi connectivity index (χ0) is 25.3. The summed E-state index contributed by atoms with van der Waals surface area (Å²) in [6.07, 6.45) is -2.71. The van der Waals surface area contributed by atoms with Crippen molar-refractivity contribution in [3.8, 4) is 5.69 Å². The number of carbonyl (C=O) groups is 3. The molecule has 3 aromatic rings. The molecule has 7 nitrogen and oxygen atoms in total. The van der Waals surface area contributed by atoms with E-state index in [9.17, 15) is 27.6 Å². The SMILES string of the molecule is Cc1nn(-c2cccc(C(F)(F)F)c2)c(C)c1C(=O)C(=O)NCc1ccc(NC(=O)C2CC2)cc1. The molecule has 2 aromatic carbocycles. The van der Waals surface area contributed by atoms with E-state index in [2.05, 4.69) is 15.7 Å². The fourth-order valence-corrected chi connectivity index (χ4v) is 3.71. The molecule has 0 aliphatic heterocycles. The number of Topliss-reactive ketones (excluding diaryl/α,β-unsaturated/α-hetero) is 1. The van der Waals surface area contributed by atoms with E-state index in [1.807, 2.05) is 0 Å². The summed E-state index contributed by atoms with van der Waals surface area (Å²) in [5, 5.41) is 9.57. The van der Waals surface area contributed by atoms with Gasteiger partial charge in [-0.25, -0.2) is 4.68 Å². The van der Waals surface area contributed by atoms with Crippen molar-refractivity contribution in [2.24, 2.45) is 5.92 Å². The summed E-state index contributed by atoms with van der Waals surface area (Å²) in [5.41, 5.74) is 1.21. The van der Waals surface area contributed by atoms with Crippen molar-refractivity contribution in [2.75, 3.05) is 5.32 Å². The number of aryl methyl sites for hydroxylation is 1. The number of nitrogens with one attached hydrogen (secondary N) is 2. The van der Waals surface area contributed by atoms with E-state index in [0.717, 1.165) is 30.5 Å². The first kappa shape index (κ1) is 24.2. The molecule has 1 aliphatic carbocycles. The molecule has 4 rings (SSSR count). The van der Waals surface area contributed by atoms with Crippen LogP contribution in [-0.2, 0) is 22.3 Å². The summed E-state index contributed by atoms with van der Waals surface area (Å²) in [6.45, 7) is 3.13. The molecule has 2 N–H and O–H groups in total. The molecule has 0 spiro atoms. The number of hydrogen-bond acceptors (Lipinski definition) is 4. The summed E-state index contributed by atoms with van der Waals surface area (Å²) < 4.78 is 40.5. The third-order valence-electron chi connectivity index (χ3n) is 5.77. The lowest BCUT2D eigenvalue weighted by Gasteiger charge is -2.10. The molecule has 0 atom stereocenters. The van der Waals surface area contributed by atoms with Gasteiger partial charge in [-0.15, -0.1) is 0 Å². The molecule has 0 radical (unpaired) electrons. The molecule has 1 fully saturated rings. The van der Waals surface area contributed by atoms with Gasteiger partial charge in [-0.2, -0.15) is 18.3 Å². The fourth-order valence-electron chi connectivity index (χ4n) is 3.71. The second-order valence-corrected chi connectivity index (χ2v) is 8.48. The predicted molar refractivity (Wildman–Crippen MR) is 122 cm³/mol. The zero-order valence-electron chi connectivity index (χ0n) is 19.1. The summed E-state index contributed by atoms with van der Waals surface area (Å²) in [7, 11) is 0. The highest BCUT2D eigenvalue weighted by Gasteiger charge is 2.31. The highest BCUT2D eigenvalue weighted by atomic mass is 19.4. The van der Waals surface area contributed by atoms with E-state index >= 15 is 0 Å². The quantitative estimate of drug-likeness (QED) is 0.385. The Morgan fingerprint density at radius 2 is 1.74 bits per heavy atom. The molecule has 1 aliphatic rings. The maximum absolute atomic E-state index is 13.1. The molecule has 182 valence electrons. The van der Waals surface area contributed by atoms with Crippen molar-refractivity contribution in [3.05, 3.63) is 76.6 Å². The topological polar surface area (TPSA) is 93.1 Å². The predicted octanol–water partition coefficient (Wildman–Crippen LogP) is 4.36. The molecular weight excluding hydrogens is 461 g/mol. The van der Waals surface area contributed by atoms with Gasteiger partial charge in [-0.1, -0.05) is 18.2 Å². The first-order chi connectivity index (χ1) is 16.5. The van der Waals surface area contributed by atoms with Crippen molar-refractivity contribution < 1.29 is 27.6 Å². The van der Waals surface area contributed by atoms with E-state index in [4.69, 9.17) is 0 Å². The number of hydrogen-bond donors (Lipinski definition) is 2. The minimum atomic E-state index is -4.52. The Morgan fingerprint density at radius 1 is 1.06 bits per heavy atom. The highest BCUT2D eigenvalue weighted by Crippen LogP contribution is 2.31. The number of alkyl halides is 3. The lowest BCUT2D eigenvalue weighted by molar-refractivity contribution is -0.137. The number of aromatic nitrogens is 2. The Labute approximate surface area is 199 Å². The Hall–Kier alpha value is -3.95. The van der Waals surface area contributed by atoms with E-state index < -0.39 is 23.4 Å². The van der Waals surface area contributed by atoms with Gasteiger partial charge in [0.05, 0.1) is 28.2 Å². The van der Waals surface area contributed by atoms with Crippen molar-refractivity contribution in [1.29, 1.82) is 0 Å². The van der Waals surface area contributed by atoms with Crippen LogP contribution in [0.1, 0.15) is 45.7 Å². The third kappa shape index (κ3) is 5.42. The second kappa shape index (κ2) is 9.36. The molecule has 1 aromatic heterocycles. The Kier molecular flexibility index (Phi) is 6.47. The highest BCUT2D eigenvalue weighted by molar-refractivity contribution is 6.43. The van der Waals surface area contributed by atoms with Gasteiger partial charge in [0, 0.05) is 18.2 Å². The van der Waals surface area contributed by atoms with Gasteiger partial charge < -0.3 is 10.6 Å². The number of amides is 2. The molecule has 0 unspecified atom stereocenters. The van der Waals surface area contributed by atoms with Crippen LogP contribution < -0.4 is 10.6 Å². The molecule has 2 amide bonds. The van der Waals surface area contributed by atoms with Gasteiger partial charge in [-0.3, -0.25) is 14.4 Å². The maximum Gasteiger partial charge on any atom is 0.416 e. The number of carbonyl (C=O) groups excluding carboxylic acids is 3. The largest absolute Gasteiger partial charge is 0.416 e. The van der Waals surface area contributed by atoms with E-state index in [-0.39, 0.29) is 41.0 Å². The van der Waals surface area contributed by atoms with Crippen LogP contribution in [0.15, 0.2) is 48.5 Å². The fraction of sp³-hybridized carbons (Fsp3) is 0.280. The van der Waals surface area contributed by atoms with Crippen molar-refractivity contribution in [2.45, 2.75) is 39.4 Å². The van der Waals surface area contributed by atoms with Gasteiger partial charge >= 0.3 is 6.18 Å². The first-order valence-electron chi connectivity index (χ1n) is 11.0. The minimum Gasteiger partial charge on any atom is -0.345 e. The summed E-state index contributed by atoms with van der Waals surface area (Å²) in [6, 6.07) is 11.5. The van der Waals surface area contributed by atoms with Crippen molar-refractivity contribution >= 4 is 23.3 Å². The molecular formula is C25H23F3N4O3. The minimum absolute atomic E-state index is 0.00642. The van der Waals surface area contributed by atoms with Crippen molar-refractivity contribution in [1.82, 2.24) is 15.1 Å². The lowest BCUT2D eigenvalue weighted by atomic mass is 10.1. The third-order valence-corrected chi connectivity index (χ3v) is 5.77. The monoisotopic (exact) mass is 484 g/mol. The number of benzene rings is 2. The summed E-state index contributed by atoms with van der Waals surface area (Å²) >= 11 is 0. The van der Waals surface area contributed by atoms with Crippen molar-refractivity contribution in [3.63, 3.8) is 0 Å². The normalized spacial score (nSPS) is 13.4. The number of ketones is 1. The summed E-state index contributed by atoms with van der Waals surface area (Å²) in [4.78, 5) is 37.2. The number of halogens is 3. The standard InChI is InChI=1S/C25H23F3N4O3/c1-14-21(15(2)32(31-14)20-5-3-4-18(12-20)25(26,27)28)22(33)24(35)29-13-16-6-10-19(11-7-16)30-23(34)17-8-9-17/h3-7,10-12,17H,8-9,13H2,1-2H3,(H,29,35)(H,30,34). The molecule has 1 saturated carbocycles. The molecule has 0 saturated heterocycles. The smallest absolute Gasteiger partial charge is 0.345 e. The number of rotatable bonds is 7. The van der Waals surface area contributed by atoms with E-state index in [1.165, 1.54) is 30.7 Å². The zero-order valence-corrected chi connectivity index (χ0v) is 19.1. The Morgan fingerprint density at radius 3 is 2.37 bits per heavy atom. The van der Waals surface area contributed by atoms with Gasteiger partial charge in [0.15, 0.2) is 0 Å². The maximum atomic E-state index is 13.1. The van der Waals surface area contributed by atoms with Crippen LogP contribution in [0.2, 0.25) is 0 Å². The first-order valence-corrected chi connectivity index (χ1v) is 11.0. The van der Waals surface area contributed by atoms with Crippen LogP contribution >= 0.6 is 0 Å². The lowest BCUT2D eigenvalue weighted by Crippen LogP contribution is -2.31. The Balaban J connectivity index is 1.43. The van der Waals surface area contributed by atoms with Gasteiger partial charge in [-0.05, 0) is 62.6 Å². The van der Waals surface area contributed by atoms with Crippen LogP contribution in [0.5, 0.6) is 0 Å². The number of nitrogens with zero attached hydrogens (tertiary/aromatic N) is 2. The van der Waals surface area contributed by atoms with Gasteiger partial charge in [0.1, 0.15) is 0 Å². The molecule has 35 heavy (non-hydrogen) atoms. The molecule has 10 heteroatoms. The molecule has 1 heterocycles. The van der Waals surface area contributed by atoms with E-state index in [1.54, 1.807) is 24.3 Å². The van der Waals surface area contributed by atoms with Crippen LogP contribution in [0.25, 0.3) is 5.69 Å².